The lowest BCUT2D eigenvalue weighted by atomic mass is 10.1. The summed E-state index contributed by atoms with van der Waals surface area (Å²) in [4.78, 5) is 21.8. The summed E-state index contributed by atoms with van der Waals surface area (Å²) in [5, 5.41) is 0.564. The number of rotatable bonds is 3. The second kappa shape index (κ2) is 5.81. The summed E-state index contributed by atoms with van der Waals surface area (Å²) >= 11 is 3.25. The van der Waals surface area contributed by atoms with Crippen LogP contribution in [0.3, 0.4) is 0 Å². The molecule has 1 atom stereocenters. The Morgan fingerprint density at radius 3 is 3.00 bits per heavy atom. The van der Waals surface area contributed by atoms with Crippen LogP contribution in [0.25, 0.3) is 11.3 Å². The number of thioether (sulfide) groups is 2. The number of hydrogen-bond donors (Lipinski definition) is 0. The molecule has 2 heterocycles. The highest BCUT2D eigenvalue weighted by Gasteiger charge is 2.20. The van der Waals surface area contributed by atoms with Crippen molar-refractivity contribution >= 4 is 29.3 Å². The van der Waals surface area contributed by atoms with Gasteiger partial charge in [-0.3, -0.25) is 4.79 Å². The molecule has 0 amide bonds. The lowest BCUT2D eigenvalue weighted by Crippen LogP contribution is -2.10. The molecule has 0 aliphatic carbocycles. The molecule has 0 spiro atoms. The maximum absolute atomic E-state index is 11.4. The number of aromatic nitrogens is 2. The van der Waals surface area contributed by atoms with Gasteiger partial charge in [-0.25, -0.2) is 9.97 Å². The molecule has 1 aliphatic heterocycles. The molecule has 0 N–H and O–H groups in total. The Labute approximate surface area is 133 Å². The topological polar surface area (TPSA) is 42.9 Å². The van der Waals surface area contributed by atoms with E-state index in [-0.39, 0.29) is 11.0 Å². The number of hydrogen-bond acceptors (Lipinski definition) is 5. The Balaban J connectivity index is 2.01. The second-order valence-electron chi connectivity index (χ2n) is 5.19. The van der Waals surface area contributed by atoms with Crippen LogP contribution in [0.1, 0.15) is 25.0 Å². The highest BCUT2D eigenvalue weighted by molar-refractivity contribution is 8.00. The number of carbonyl (C=O) groups excluding carboxylic acids is 1. The molecule has 5 heteroatoms. The number of fused-ring (bicyclic) bond motifs is 3. The number of Topliss-reactive ketones (excluding diaryl/α,β-unsaturated/α-hetero) is 1. The van der Waals surface area contributed by atoms with Gasteiger partial charge in [0.05, 0.1) is 10.9 Å². The van der Waals surface area contributed by atoms with E-state index in [1.807, 2.05) is 24.9 Å². The summed E-state index contributed by atoms with van der Waals surface area (Å²) in [5.74, 6) is 1.05. The molecule has 0 unspecified atom stereocenters. The summed E-state index contributed by atoms with van der Waals surface area (Å²) < 4.78 is 0. The standard InChI is InChI=1S/C16H16N2OS2/c1-9-4-5-14-13(6-9)15-12(8-20-14)7-17-16(18-15)21-11(3)10(2)19/h4-7,11H,8H2,1-3H3/t11-/m1/s1. The third-order valence-electron chi connectivity index (χ3n) is 3.47. The van der Waals surface area contributed by atoms with E-state index in [0.717, 1.165) is 17.0 Å². The molecular formula is C16H16N2OS2. The van der Waals surface area contributed by atoms with Crippen LogP contribution in [0, 0.1) is 6.92 Å². The summed E-state index contributed by atoms with van der Waals surface area (Å²) in [6, 6.07) is 6.47. The van der Waals surface area contributed by atoms with Crippen LogP contribution in [0.2, 0.25) is 0 Å². The molecule has 0 fully saturated rings. The molecule has 21 heavy (non-hydrogen) atoms. The zero-order valence-electron chi connectivity index (χ0n) is 12.2. The predicted molar refractivity (Wildman–Crippen MR) is 87.8 cm³/mol. The van der Waals surface area contributed by atoms with Gasteiger partial charge < -0.3 is 0 Å². The van der Waals surface area contributed by atoms with Crippen LogP contribution in [0.15, 0.2) is 34.4 Å². The van der Waals surface area contributed by atoms with Crippen LogP contribution in [-0.2, 0) is 10.5 Å². The first-order chi connectivity index (χ1) is 10.0. The fourth-order valence-corrected chi connectivity index (χ4v) is 3.87. The van der Waals surface area contributed by atoms with Crippen molar-refractivity contribution < 1.29 is 4.79 Å². The maximum Gasteiger partial charge on any atom is 0.188 e. The molecule has 1 aromatic carbocycles. The summed E-state index contributed by atoms with van der Waals surface area (Å²) in [6.45, 7) is 5.59. The van der Waals surface area contributed by atoms with E-state index in [9.17, 15) is 4.79 Å². The van der Waals surface area contributed by atoms with Crippen molar-refractivity contribution in [3.05, 3.63) is 35.5 Å². The van der Waals surface area contributed by atoms with E-state index in [4.69, 9.17) is 4.98 Å². The smallest absolute Gasteiger partial charge is 0.188 e. The lowest BCUT2D eigenvalue weighted by molar-refractivity contribution is -0.116. The van der Waals surface area contributed by atoms with E-state index in [1.54, 1.807) is 6.92 Å². The quantitative estimate of drug-likeness (QED) is 0.629. The Kier molecular flexibility index (Phi) is 4.04. The molecular weight excluding hydrogens is 300 g/mol. The van der Waals surface area contributed by atoms with Gasteiger partial charge in [0.2, 0.25) is 0 Å². The van der Waals surface area contributed by atoms with E-state index < -0.39 is 0 Å². The van der Waals surface area contributed by atoms with Crippen LogP contribution in [-0.4, -0.2) is 21.0 Å². The highest BCUT2D eigenvalue weighted by atomic mass is 32.2. The number of aryl methyl sites for hydroxylation is 1. The first-order valence-corrected chi connectivity index (χ1v) is 8.68. The van der Waals surface area contributed by atoms with Crippen LogP contribution in [0.4, 0.5) is 0 Å². The first kappa shape index (κ1) is 14.6. The van der Waals surface area contributed by atoms with E-state index in [2.05, 4.69) is 30.1 Å². The van der Waals surface area contributed by atoms with Gasteiger partial charge in [-0.2, -0.15) is 0 Å². The number of carbonyl (C=O) groups is 1. The molecule has 1 aliphatic rings. The number of benzene rings is 1. The second-order valence-corrected chi connectivity index (χ2v) is 7.51. The number of nitrogens with zero attached hydrogens (tertiary/aromatic N) is 2. The average molecular weight is 316 g/mol. The fourth-order valence-electron chi connectivity index (χ4n) is 2.14. The zero-order chi connectivity index (χ0) is 15.0. The van der Waals surface area contributed by atoms with Crippen molar-refractivity contribution in [3.8, 4) is 11.3 Å². The summed E-state index contributed by atoms with van der Waals surface area (Å²) in [6.07, 6.45) is 1.90. The molecule has 3 rings (SSSR count). The van der Waals surface area contributed by atoms with Crippen LogP contribution < -0.4 is 0 Å². The lowest BCUT2D eigenvalue weighted by Gasteiger charge is -2.19. The van der Waals surface area contributed by atoms with Gasteiger partial charge in [0.15, 0.2) is 5.16 Å². The largest absolute Gasteiger partial charge is 0.299 e. The molecule has 108 valence electrons. The van der Waals surface area contributed by atoms with Gasteiger partial charge in [0, 0.05) is 28.0 Å². The Bertz CT molecular complexity index is 715. The van der Waals surface area contributed by atoms with Crippen LogP contribution >= 0.6 is 23.5 Å². The minimum absolute atomic E-state index is 0.113. The Morgan fingerprint density at radius 2 is 2.24 bits per heavy atom. The molecule has 2 aromatic rings. The minimum atomic E-state index is -0.113. The van der Waals surface area contributed by atoms with E-state index in [1.165, 1.54) is 27.8 Å². The Morgan fingerprint density at radius 1 is 1.43 bits per heavy atom. The first-order valence-electron chi connectivity index (χ1n) is 6.81. The number of ketones is 1. The van der Waals surface area contributed by atoms with Crippen LogP contribution in [0.5, 0.6) is 0 Å². The molecule has 0 radical (unpaired) electrons. The fraction of sp³-hybridized carbons (Fsp3) is 0.312. The molecule has 3 nitrogen and oxygen atoms in total. The molecule has 0 saturated carbocycles. The van der Waals surface area contributed by atoms with Gasteiger partial charge in [0.25, 0.3) is 0 Å². The summed E-state index contributed by atoms with van der Waals surface area (Å²) in [5.41, 5.74) is 4.59. The highest BCUT2D eigenvalue weighted by Crippen LogP contribution is 2.41. The molecule has 1 aromatic heterocycles. The van der Waals surface area contributed by atoms with Crippen molar-refractivity contribution in [1.82, 2.24) is 9.97 Å². The van der Waals surface area contributed by atoms with Crippen molar-refractivity contribution in [2.24, 2.45) is 0 Å². The monoisotopic (exact) mass is 316 g/mol. The SMILES string of the molecule is CC(=O)[C@@H](C)Sc1ncc2c(n1)-c1cc(C)ccc1SC2. The zero-order valence-corrected chi connectivity index (χ0v) is 13.8. The predicted octanol–water partition coefficient (Wildman–Crippen LogP) is 4.13. The Hall–Kier alpha value is -1.33. The minimum Gasteiger partial charge on any atom is -0.299 e. The molecule has 0 bridgehead atoms. The van der Waals surface area contributed by atoms with Gasteiger partial charge in [0.1, 0.15) is 5.78 Å². The third-order valence-corrected chi connectivity index (χ3v) is 5.69. The van der Waals surface area contributed by atoms with Crippen molar-refractivity contribution in [2.75, 3.05) is 0 Å². The van der Waals surface area contributed by atoms with Gasteiger partial charge >= 0.3 is 0 Å². The van der Waals surface area contributed by atoms with E-state index in [0.29, 0.717) is 5.16 Å². The van der Waals surface area contributed by atoms with E-state index >= 15 is 0 Å². The van der Waals surface area contributed by atoms with Crippen molar-refractivity contribution in [2.45, 2.75) is 41.8 Å². The van der Waals surface area contributed by atoms with Gasteiger partial charge in [-0.1, -0.05) is 23.4 Å². The average Bonchev–Trinajstić information content (AvgIpc) is 2.47. The molecule has 0 saturated heterocycles. The van der Waals surface area contributed by atoms with Crippen molar-refractivity contribution in [3.63, 3.8) is 0 Å². The third kappa shape index (κ3) is 2.99. The van der Waals surface area contributed by atoms with Gasteiger partial charge in [-0.05, 0) is 32.9 Å². The van der Waals surface area contributed by atoms with Crippen molar-refractivity contribution in [1.29, 1.82) is 0 Å². The maximum atomic E-state index is 11.4. The normalized spacial score (nSPS) is 14.2. The van der Waals surface area contributed by atoms with Gasteiger partial charge in [-0.15, -0.1) is 11.8 Å². The summed E-state index contributed by atoms with van der Waals surface area (Å²) in [7, 11) is 0.